The maximum absolute atomic E-state index is 12.1. The number of rotatable bonds is 4. The highest BCUT2D eigenvalue weighted by molar-refractivity contribution is 5.92. The Morgan fingerprint density at radius 2 is 2.11 bits per heavy atom. The number of H-pyrrole nitrogens is 1. The molecule has 0 aliphatic rings. The minimum Gasteiger partial charge on any atom is -0.311 e. The number of nitrogens with zero attached hydrogens (tertiary/aromatic N) is 1. The average molecular weight is 257 g/mol. The zero-order valence-electron chi connectivity index (χ0n) is 11.6. The van der Waals surface area contributed by atoms with Gasteiger partial charge in [-0.05, 0) is 31.4 Å². The standard InChI is InChI=1S/C15H19N3O/c1-4-12-9-16-18-15(12)17-14(19)8-13-7-10(2)5-6-11(13)3/h5-7,9H,4,8H2,1-3H3,(H2,16,17,18,19). The number of aromatic amines is 1. The van der Waals surface area contributed by atoms with E-state index in [9.17, 15) is 4.79 Å². The van der Waals surface area contributed by atoms with E-state index in [1.54, 1.807) is 6.20 Å². The Balaban J connectivity index is 2.07. The van der Waals surface area contributed by atoms with Gasteiger partial charge in [-0.15, -0.1) is 0 Å². The second-order valence-electron chi connectivity index (χ2n) is 4.78. The van der Waals surface area contributed by atoms with Gasteiger partial charge in [-0.2, -0.15) is 5.10 Å². The monoisotopic (exact) mass is 257 g/mol. The van der Waals surface area contributed by atoms with E-state index in [4.69, 9.17) is 0 Å². The van der Waals surface area contributed by atoms with Crippen LogP contribution in [0, 0.1) is 13.8 Å². The van der Waals surface area contributed by atoms with E-state index in [0.29, 0.717) is 12.2 Å². The molecule has 2 N–H and O–H groups in total. The molecule has 1 heterocycles. The van der Waals surface area contributed by atoms with Gasteiger partial charge in [-0.1, -0.05) is 30.7 Å². The molecule has 2 rings (SSSR count). The van der Waals surface area contributed by atoms with E-state index in [1.165, 1.54) is 5.56 Å². The Morgan fingerprint density at radius 1 is 1.32 bits per heavy atom. The predicted octanol–water partition coefficient (Wildman–Crippen LogP) is 2.77. The van der Waals surface area contributed by atoms with Crippen LogP contribution in [-0.4, -0.2) is 16.1 Å². The fraction of sp³-hybridized carbons (Fsp3) is 0.333. The lowest BCUT2D eigenvalue weighted by Crippen LogP contribution is -2.16. The van der Waals surface area contributed by atoms with E-state index in [-0.39, 0.29) is 5.91 Å². The van der Waals surface area contributed by atoms with Crippen LogP contribution in [0.4, 0.5) is 5.82 Å². The second kappa shape index (κ2) is 5.69. The lowest BCUT2D eigenvalue weighted by Gasteiger charge is -2.08. The summed E-state index contributed by atoms with van der Waals surface area (Å²) in [5.41, 5.74) is 4.40. The fourth-order valence-corrected chi connectivity index (χ4v) is 2.03. The lowest BCUT2D eigenvalue weighted by molar-refractivity contribution is -0.115. The highest BCUT2D eigenvalue weighted by atomic mass is 16.1. The molecule has 2 aromatic rings. The molecule has 19 heavy (non-hydrogen) atoms. The van der Waals surface area contributed by atoms with Gasteiger partial charge in [0, 0.05) is 5.56 Å². The van der Waals surface area contributed by atoms with Gasteiger partial charge in [0.2, 0.25) is 5.91 Å². The average Bonchev–Trinajstić information content (AvgIpc) is 2.81. The van der Waals surface area contributed by atoms with Crippen molar-refractivity contribution in [3.63, 3.8) is 0 Å². The van der Waals surface area contributed by atoms with Crippen LogP contribution in [0.3, 0.4) is 0 Å². The summed E-state index contributed by atoms with van der Waals surface area (Å²) >= 11 is 0. The summed E-state index contributed by atoms with van der Waals surface area (Å²) in [6.45, 7) is 6.09. The molecule has 0 unspecified atom stereocenters. The number of aryl methyl sites for hydroxylation is 3. The SMILES string of the molecule is CCc1cn[nH]c1NC(=O)Cc1cc(C)ccc1C. The van der Waals surface area contributed by atoms with Gasteiger partial charge < -0.3 is 5.32 Å². The van der Waals surface area contributed by atoms with Gasteiger partial charge in [0.25, 0.3) is 0 Å². The molecule has 0 aliphatic heterocycles. The Kier molecular flexibility index (Phi) is 4.00. The first-order valence-corrected chi connectivity index (χ1v) is 6.48. The van der Waals surface area contributed by atoms with Crippen molar-refractivity contribution in [3.8, 4) is 0 Å². The van der Waals surface area contributed by atoms with Gasteiger partial charge in [-0.3, -0.25) is 9.89 Å². The van der Waals surface area contributed by atoms with E-state index < -0.39 is 0 Å². The fourth-order valence-electron chi connectivity index (χ4n) is 2.03. The van der Waals surface area contributed by atoms with Crippen molar-refractivity contribution in [1.82, 2.24) is 10.2 Å². The number of amides is 1. The third kappa shape index (κ3) is 3.22. The van der Waals surface area contributed by atoms with Crippen LogP contribution in [0.2, 0.25) is 0 Å². The lowest BCUT2D eigenvalue weighted by atomic mass is 10.0. The van der Waals surface area contributed by atoms with E-state index in [1.807, 2.05) is 26.8 Å². The van der Waals surface area contributed by atoms with Gasteiger partial charge in [0.1, 0.15) is 5.82 Å². The molecule has 4 heteroatoms. The summed E-state index contributed by atoms with van der Waals surface area (Å²) in [7, 11) is 0. The number of aromatic nitrogens is 2. The summed E-state index contributed by atoms with van der Waals surface area (Å²) in [5, 5.41) is 9.64. The van der Waals surface area contributed by atoms with Crippen LogP contribution in [0.1, 0.15) is 29.2 Å². The third-order valence-electron chi connectivity index (χ3n) is 3.22. The molecule has 0 saturated carbocycles. The van der Waals surface area contributed by atoms with Crippen LogP contribution in [-0.2, 0) is 17.6 Å². The molecule has 0 bridgehead atoms. The number of hydrogen-bond acceptors (Lipinski definition) is 2. The summed E-state index contributed by atoms with van der Waals surface area (Å²) in [4.78, 5) is 12.1. The number of carbonyl (C=O) groups excluding carboxylic acids is 1. The van der Waals surface area contributed by atoms with Gasteiger partial charge >= 0.3 is 0 Å². The molecular weight excluding hydrogens is 238 g/mol. The van der Waals surface area contributed by atoms with Crippen LogP contribution in [0.25, 0.3) is 0 Å². The minimum atomic E-state index is -0.0207. The van der Waals surface area contributed by atoms with E-state index in [2.05, 4.69) is 27.6 Å². The smallest absolute Gasteiger partial charge is 0.229 e. The minimum absolute atomic E-state index is 0.0207. The normalized spacial score (nSPS) is 10.5. The maximum atomic E-state index is 12.1. The van der Waals surface area contributed by atoms with Crippen molar-refractivity contribution >= 4 is 11.7 Å². The number of carbonyl (C=O) groups is 1. The summed E-state index contributed by atoms with van der Waals surface area (Å²) < 4.78 is 0. The summed E-state index contributed by atoms with van der Waals surface area (Å²) in [6, 6.07) is 6.16. The molecule has 1 aromatic heterocycles. The van der Waals surface area contributed by atoms with Crippen molar-refractivity contribution in [2.24, 2.45) is 0 Å². The topological polar surface area (TPSA) is 57.8 Å². The van der Waals surface area contributed by atoms with Crippen molar-refractivity contribution in [1.29, 1.82) is 0 Å². The maximum Gasteiger partial charge on any atom is 0.229 e. The Labute approximate surface area is 113 Å². The molecule has 0 aliphatic carbocycles. The second-order valence-corrected chi connectivity index (χ2v) is 4.78. The highest BCUT2D eigenvalue weighted by Crippen LogP contribution is 2.14. The van der Waals surface area contributed by atoms with Crippen LogP contribution >= 0.6 is 0 Å². The summed E-state index contributed by atoms with van der Waals surface area (Å²) in [6.07, 6.45) is 2.97. The number of nitrogens with one attached hydrogen (secondary N) is 2. The zero-order chi connectivity index (χ0) is 13.8. The van der Waals surface area contributed by atoms with Crippen LogP contribution in [0.15, 0.2) is 24.4 Å². The number of hydrogen-bond donors (Lipinski definition) is 2. The molecule has 0 spiro atoms. The zero-order valence-corrected chi connectivity index (χ0v) is 11.6. The van der Waals surface area contributed by atoms with E-state index >= 15 is 0 Å². The molecule has 1 aromatic carbocycles. The molecule has 1 amide bonds. The van der Waals surface area contributed by atoms with Gasteiger partial charge in [0.15, 0.2) is 0 Å². The first-order chi connectivity index (χ1) is 9.10. The largest absolute Gasteiger partial charge is 0.311 e. The first-order valence-electron chi connectivity index (χ1n) is 6.48. The summed E-state index contributed by atoms with van der Waals surface area (Å²) in [5.74, 6) is 0.686. The van der Waals surface area contributed by atoms with Crippen LogP contribution < -0.4 is 5.32 Å². The van der Waals surface area contributed by atoms with Crippen molar-refractivity contribution < 1.29 is 4.79 Å². The van der Waals surface area contributed by atoms with Gasteiger partial charge in [-0.25, -0.2) is 0 Å². The molecule has 0 fully saturated rings. The Bertz CT molecular complexity index is 587. The Hall–Kier alpha value is -2.10. The number of anilines is 1. The quantitative estimate of drug-likeness (QED) is 0.884. The van der Waals surface area contributed by atoms with Crippen molar-refractivity contribution in [2.45, 2.75) is 33.6 Å². The third-order valence-corrected chi connectivity index (χ3v) is 3.22. The van der Waals surface area contributed by atoms with Crippen molar-refractivity contribution in [2.75, 3.05) is 5.32 Å². The molecule has 4 nitrogen and oxygen atoms in total. The number of benzene rings is 1. The van der Waals surface area contributed by atoms with Gasteiger partial charge in [0.05, 0.1) is 12.6 Å². The van der Waals surface area contributed by atoms with E-state index in [0.717, 1.165) is 23.1 Å². The predicted molar refractivity (Wildman–Crippen MR) is 76.2 cm³/mol. The molecule has 100 valence electrons. The molecular formula is C15H19N3O. The Morgan fingerprint density at radius 3 is 2.84 bits per heavy atom. The highest BCUT2D eigenvalue weighted by Gasteiger charge is 2.10. The molecule has 0 radical (unpaired) electrons. The van der Waals surface area contributed by atoms with Crippen LogP contribution in [0.5, 0.6) is 0 Å². The van der Waals surface area contributed by atoms with Crippen molar-refractivity contribution in [3.05, 3.63) is 46.6 Å². The first kappa shape index (κ1) is 13.3. The molecule has 0 atom stereocenters. The molecule has 0 saturated heterocycles.